The summed E-state index contributed by atoms with van der Waals surface area (Å²) >= 11 is 6.34. The number of halogens is 1. The van der Waals surface area contributed by atoms with Gasteiger partial charge < -0.3 is 11.1 Å². The van der Waals surface area contributed by atoms with Crippen molar-refractivity contribution in [1.29, 1.82) is 0 Å². The van der Waals surface area contributed by atoms with Crippen LogP contribution in [0.5, 0.6) is 0 Å². The maximum atomic E-state index is 12.4. The Labute approximate surface area is 152 Å². The third-order valence-electron chi connectivity index (χ3n) is 4.01. The van der Waals surface area contributed by atoms with Crippen LogP contribution in [0.1, 0.15) is 25.0 Å². The smallest absolute Gasteiger partial charge is 0.245 e. The van der Waals surface area contributed by atoms with Gasteiger partial charge in [-0.1, -0.05) is 66.2 Å². The van der Waals surface area contributed by atoms with Crippen molar-refractivity contribution in [3.05, 3.63) is 70.9 Å². The van der Waals surface area contributed by atoms with Gasteiger partial charge in [0.1, 0.15) is 11.0 Å². The summed E-state index contributed by atoms with van der Waals surface area (Å²) in [6.07, 6.45) is 0.631. The predicted molar refractivity (Wildman–Crippen MR) is 103 cm³/mol. The molecular weight excluding hydrogens is 334 g/mol. The van der Waals surface area contributed by atoms with Gasteiger partial charge in [-0.2, -0.15) is 0 Å². The van der Waals surface area contributed by atoms with Gasteiger partial charge in [-0.3, -0.25) is 4.79 Å². The molecule has 1 amide bonds. The SMILES string of the molecule is CC(C)(N)C(=O)Nc1nc(Cl)c2ccccc2c1Cc1ccccc1. The van der Waals surface area contributed by atoms with Gasteiger partial charge in [0.15, 0.2) is 0 Å². The number of carbonyl (C=O) groups excluding carboxylic acids is 1. The Balaban J connectivity index is 2.14. The largest absolute Gasteiger partial charge is 0.318 e. The zero-order chi connectivity index (χ0) is 18.0. The summed E-state index contributed by atoms with van der Waals surface area (Å²) < 4.78 is 0. The third-order valence-corrected chi connectivity index (χ3v) is 4.30. The highest BCUT2D eigenvalue weighted by Crippen LogP contribution is 2.31. The van der Waals surface area contributed by atoms with Crippen molar-refractivity contribution in [1.82, 2.24) is 4.98 Å². The summed E-state index contributed by atoms with van der Waals surface area (Å²) in [6, 6.07) is 17.8. The highest BCUT2D eigenvalue weighted by molar-refractivity contribution is 6.34. The minimum Gasteiger partial charge on any atom is -0.318 e. The van der Waals surface area contributed by atoms with Crippen molar-refractivity contribution >= 4 is 34.1 Å². The van der Waals surface area contributed by atoms with E-state index in [-0.39, 0.29) is 5.91 Å². The average molecular weight is 354 g/mol. The van der Waals surface area contributed by atoms with Crippen LogP contribution in [-0.4, -0.2) is 16.4 Å². The molecule has 0 unspecified atom stereocenters. The van der Waals surface area contributed by atoms with Gasteiger partial charge in [-0.25, -0.2) is 4.98 Å². The van der Waals surface area contributed by atoms with Crippen molar-refractivity contribution in [2.45, 2.75) is 25.8 Å². The van der Waals surface area contributed by atoms with E-state index in [2.05, 4.69) is 10.3 Å². The number of benzene rings is 2. The summed E-state index contributed by atoms with van der Waals surface area (Å²) in [5.74, 6) is 0.150. The standard InChI is InChI=1S/C20H20ClN3O/c1-20(2,22)19(25)24-18-16(12-13-8-4-3-5-9-13)14-10-6-7-11-15(14)17(21)23-18/h3-11H,12,22H2,1-2H3,(H,23,24,25). The Morgan fingerprint density at radius 2 is 1.68 bits per heavy atom. The van der Waals surface area contributed by atoms with Crippen LogP contribution in [0, 0.1) is 0 Å². The second-order valence-corrected chi connectivity index (χ2v) is 6.97. The van der Waals surface area contributed by atoms with E-state index in [0.717, 1.165) is 21.9 Å². The lowest BCUT2D eigenvalue weighted by molar-refractivity contribution is -0.120. The zero-order valence-electron chi connectivity index (χ0n) is 14.2. The van der Waals surface area contributed by atoms with Crippen LogP contribution in [0.2, 0.25) is 5.15 Å². The summed E-state index contributed by atoms with van der Waals surface area (Å²) in [7, 11) is 0. The number of nitrogens with one attached hydrogen (secondary N) is 1. The molecule has 0 bridgehead atoms. The lowest BCUT2D eigenvalue weighted by atomic mass is 9.99. The quantitative estimate of drug-likeness (QED) is 0.692. The molecule has 0 aliphatic carbocycles. The number of anilines is 1. The van der Waals surface area contributed by atoms with Gasteiger partial charge in [0.2, 0.25) is 5.91 Å². The first-order valence-corrected chi connectivity index (χ1v) is 8.45. The molecule has 0 spiro atoms. The Kier molecular flexibility index (Phi) is 4.75. The van der Waals surface area contributed by atoms with E-state index in [0.29, 0.717) is 17.4 Å². The Hall–Kier alpha value is -2.43. The number of amides is 1. The molecule has 0 atom stereocenters. The van der Waals surface area contributed by atoms with Crippen LogP contribution >= 0.6 is 11.6 Å². The summed E-state index contributed by atoms with van der Waals surface area (Å²) in [6.45, 7) is 3.31. The molecule has 3 N–H and O–H groups in total. The zero-order valence-corrected chi connectivity index (χ0v) is 15.0. The normalized spacial score (nSPS) is 11.5. The highest BCUT2D eigenvalue weighted by atomic mass is 35.5. The minimum atomic E-state index is -1.01. The molecule has 0 saturated carbocycles. The lowest BCUT2D eigenvalue weighted by Crippen LogP contribution is -2.45. The first-order chi connectivity index (χ1) is 11.9. The number of fused-ring (bicyclic) bond motifs is 1. The summed E-state index contributed by atoms with van der Waals surface area (Å²) in [5, 5.41) is 5.03. The van der Waals surface area contributed by atoms with E-state index < -0.39 is 5.54 Å². The molecule has 4 nitrogen and oxygen atoms in total. The minimum absolute atomic E-state index is 0.305. The average Bonchev–Trinajstić information content (AvgIpc) is 2.58. The van der Waals surface area contributed by atoms with E-state index >= 15 is 0 Å². The van der Waals surface area contributed by atoms with Crippen LogP contribution in [0.15, 0.2) is 54.6 Å². The number of carbonyl (C=O) groups is 1. The van der Waals surface area contributed by atoms with Crippen LogP contribution in [0.25, 0.3) is 10.8 Å². The van der Waals surface area contributed by atoms with Crippen LogP contribution in [0.4, 0.5) is 5.82 Å². The van der Waals surface area contributed by atoms with Crippen molar-refractivity contribution in [2.75, 3.05) is 5.32 Å². The van der Waals surface area contributed by atoms with Crippen LogP contribution in [-0.2, 0) is 11.2 Å². The van der Waals surface area contributed by atoms with E-state index in [9.17, 15) is 4.79 Å². The monoisotopic (exact) mass is 353 g/mol. The van der Waals surface area contributed by atoms with Crippen molar-refractivity contribution in [2.24, 2.45) is 5.73 Å². The van der Waals surface area contributed by atoms with Gasteiger partial charge >= 0.3 is 0 Å². The number of nitrogens with two attached hydrogens (primary N) is 1. The van der Waals surface area contributed by atoms with Gasteiger partial charge in [0.05, 0.1) is 5.54 Å². The molecule has 2 aromatic carbocycles. The summed E-state index contributed by atoms with van der Waals surface area (Å²) in [4.78, 5) is 16.8. The Morgan fingerprint density at radius 1 is 1.08 bits per heavy atom. The number of pyridine rings is 1. The number of rotatable bonds is 4. The fourth-order valence-electron chi connectivity index (χ4n) is 2.63. The molecule has 3 aromatic rings. The Morgan fingerprint density at radius 3 is 2.32 bits per heavy atom. The van der Waals surface area contributed by atoms with Gasteiger partial charge in [-0.15, -0.1) is 0 Å². The first kappa shape index (κ1) is 17.4. The second kappa shape index (κ2) is 6.82. The molecule has 25 heavy (non-hydrogen) atoms. The number of hydrogen-bond acceptors (Lipinski definition) is 3. The second-order valence-electron chi connectivity index (χ2n) is 6.61. The molecule has 3 rings (SSSR count). The molecule has 0 fully saturated rings. The molecule has 0 radical (unpaired) electrons. The van der Waals surface area contributed by atoms with Gasteiger partial charge in [-0.05, 0) is 24.8 Å². The van der Waals surface area contributed by atoms with Gasteiger partial charge in [0.25, 0.3) is 0 Å². The molecule has 0 aliphatic rings. The van der Waals surface area contributed by atoms with E-state index in [4.69, 9.17) is 17.3 Å². The summed E-state index contributed by atoms with van der Waals surface area (Å²) in [5.41, 5.74) is 6.94. The van der Waals surface area contributed by atoms with E-state index in [1.54, 1.807) is 13.8 Å². The third kappa shape index (κ3) is 3.81. The molecular formula is C20H20ClN3O. The molecule has 1 aromatic heterocycles. The number of hydrogen-bond donors (Lipinski definition) is 2. The number of aromatic nitrogens is 1. The topological polar surface area (TPSA) is 68.0 Å². The van der Waals surface area contributed by atoms with E-state index in [1.807, 2.05) is 54.6 Å². The lowest BCUT2D eigenvalue weighted by Gasteiger charge is -2.20. The fourth-order valence-corrected chi connectivity index (χ4v) is 2.88. The highest BCUT2D eigenvalue weighted by Gasteiger charge is 2.24. The van der Waals surface area contributed by atoms with Gasteiger partial charge in [0, 0.05) is 17.4 Å². The molecule has 0 aliphatic heterocycles. The van der Waals surface area contributed by atoms with Crippen molar-refractivity contribution < 1.29 is 4.79 Å². The fraction of sp³-hybridized carbons (Fsp3) is 0.200. The predicted octanol–water partition coefficient (Wildman–Crippen LogP) is 4.15. The Bertz CT molecular complexity index is 917. The maximum absolute atomic E-state index is 12.4. The van der Waals surface area contributed by atoms with Crippen LogP contribution in [0.3, 0.4) is 0 Å². The molecule has 128 valence electrons. The first-order valence-electron chi connectivity index (χ1n) is 8.07. The van der Waals surface area contributed by atoms with Crippen molar-refractivity contribution in [3.8, 4) is 0 Å². The maximum Gasteiger partial charge on any atom is 0.245 e. The van der Waals surface area contributed by atoms with Crippen molar-refractivity contribution in [3.63, 3.8) is 0 Å². The molecule has 1 heterocycles. The molecule has 0 saturated heterocycles. The van der Waals surface area contributed by atoms with Crippen LogP contribution < -0.4 is 11.1 Å². The van der Waals surface area contributed by atoms with E-state index in [1.165, 1.54) is 0 Å². The number of nitrogens with zero attached hydrogens (tertiary/aromatic N) is 1. The molecule has 5 heteroatoms.